The number of carbonyl (C=O) groups excluding carboxylic acids is 1. The minimum absolute atomic E-state index is 0.0605. The molecule has 0 radical (unpaired) electrons. The van der Waals surface area contributed by atoms with Gasteiger partial charge < -0.3 is 9.88 Å². The van der Waals surface area contributed by atoms with Gasteiger partial charge >= 0.3 is 6.18 Å². The number of thiophene rings is 1. The van der Waals surface area contributed by atoms with Crippen molar-refractivity contribution in [1.82, 2.24) is 9.88 Å². The van der Waals surface area contributed by atoms with Gasteiger partial charge in [0.25, 0.3) is 5.91 Å². The van der Waals surface area contributed by atoms with E-state index in [1.807, 2.05) is 17.5 Å². The number of hydrogen-bond acceptors (Lipinski definition) is 2. The zero-order chi connectivity index (χ0) is 19.0. The van der Waals surface area contributed by atoms with E-state index in [0.717, 1.165) is 28.9 Å². The van der Waals surface area contributed by atoms with E-state index in [0.29, 0.717) is 17.2 Å². The third-order valence-corrected chi connectivity index (χ3v) is 5.98. The van der Waals surface area contributed by atoms with Crippen molar-refractivity contribution in [3.63, 3.8) is 0 Å². The van der Waals surface area contributed by atoms with Gasteiger partial charge in [-0.25, -0.2) is 0 Å². The number of nitrogens with one attached hydrogen (secondary N) is 1. The summed E-state index contributed by atoms with van der Waals surface area (Å²) in [5.74, 6) is 0.339. The molecule has 0 unspecified atom stereocenters. The molecule has 0 spiro atoms. The van der Waals surface area contributed by atoms with E-state index >= 15 is 0 Å². The molecule has 0 saturated heterocycles. The van der Waals surface area contributed by atoms with Crippen LogP contribution in [0.3, 0.4) is 0 Å². The number of benzene rings is 1. The number of hydrogen-bond donors (Lipinski definition) is 1. The number of carbonyl (C=O) groups is 1. The zero-order valence-corrected chi connectivity index (χ0v) is 15.4. The molecular formula is C20H19F3N2OS. The van der Waals surface area contributed by atoms with Crippen molar-refractivity contribution in [3.05, 3.63) is 58.6 Å². The van der Waals surface area contributed by atoms with Crippen LogP contribution in [0.4, 0.5) is 13.2 Å². The quantitative estimate of drug-likeness (QED) is 0.615. The van der Waals surface area contributed by atoms with Crippen LogP contribution in [0.2, 0.25) is 0 Å². The van der Waals surface area contributed by atoms with Crippen molar-refractivity contribution >= 4 is 27.5 Å². The van der Waals surface area contributed by atoms with Gasteiger partial charge in [0.05, 0.1) is 15.8 Å². The maximum atomic E-state index is 12.8. The van der Waals surface area contributed by atoms with Gasteiger partial charge in [-0.3, -0.25) is 4.79 Å². The second kappa shape index (κ2) is 7.03. The Morgan fingerprint density at radius 1 is 1.22 bits per heavy atom. The summed E-state index contributed by atoms with van der Waals surface area (Å²) >= 11 is 1.59. The van der Waals surface area contributed by atoms with Gasteiger partial charge in [0.1, 0.15) is 5.69 Å². The molecule has 3 nitrogen and oxygen atoms in total. The molecule has 1 aliphatic carbocycles. The molecular weight excluding hydrogens is 373 g/mol. The molecule has 1 aliphatic rings. The standard InChI is InChI=1S/C20H19F3N2OS/c21-20(22,23)15-6-2-5-14(9-15)11-24-19(26)17-10-18-16(7-8-27-18)25(17)12-13-3-1-4-13/h2,5-10,13H,1,3-4,11-12H2,(H,24,26). The predicted octanol–water partition coefficient (Wildman–Crippen LogP) is 5.45. The summed E-state index contributed by atoms with van der Waals surface area (Å²) in [5.41, 5.74) is 1.35. The van der Waals surface area contributed by atoms with E-state index in [1.165, 1.54) is 25.3 Å². The summed E-state index contributed by atoms with van der Waals surface area (Å²) in [6.45, 7) is 0.873. The van der Waals surface area contributed by atoms with E-state index in [2.05, 4.69) is 9.88 Å². The minimum atomic E-state index is -4.39. The largest absolute Gasteiger partial charge is 0.416 e. The molecule has 0 atom stereocenters. The van der Waals surface area contributed by atoms with Crippen molar-refractivity contribution in [2.75, 3.05) is 0 Å². The lowest BCUT2D eigenvalue weighted by Crippen LogP contribution is -2.27. The maximum Gasteiger partial charge on any atom is 0.416 e. The predicted molar refractivity (Wildman–Crippen MR) is 99.8 cm³/mol. The zero-order valence-electron chi connectivity index (χ0n) is 14.6. The van der Waals surface area contributed by atoms with E-state index in [9.17, 15) is 18.0 Å². The highest BCUT2D eigenvalue weighted by Gasteiger charge is 2.30. The third kappa shape index (κ3) is 3.74. The Hall–Kier alpha value is -2.28. The van der Waals surface area contributed by atoms with Crippen LogP contribution in [0, 0.1) is 5.92 Å². The molecule has 0 bridgehead atoms. The molecule has 1 amide bonds. The van der Waals surface area contributed by atoms with Crippen molar-refractivity contribution < 1.29 is 18.0 Å². The summed E-state index contributed by atoms with van der Waals surface area (Å²) < 4.78 is 41.6. The van der Waals surface area contributed by atoms with Crippen LogP contribution >= 0.6 is 11.3 Å². The molecule has 0 aliphatic heterocycles. The Bertz CT molecular complexity index is 969. The van der Waals surface area contributed by atoms with Crippen LogP contribution in [0.1, 0.15) is 40.9 Å². The van der Waals surface area contributed by atoms with E-state index in [4.69, 9.17) is 0 Å². The van der Waals surface area contributed by atoms with Crippen molar-refractivity contribution in [1.29, 1.82) is 0 Å². The Morgan fingerprint density at radius 3 is 2.74 bits per heavy atom. The Labute approximate surface area is 158 Å². The number of aromatic nitrogens is 1. The van der Waals surface area contributed by atoms with Crippen LogP contribution in [-0.4, -0.2) is 10.5 Å². The maximum absolute atomic E-state index is 12.8. The fraction of sp³-hybridized carbons (Fsp3) is 0.350. The molecule has 27 heavy (non-hydrogen) atoms. The van der Waals surface area contributed by atoms with Gasteiger partial charge in [-0.2, -0.15) is 13.2 Å². The Kier molecular flexibility index (Phi) is 4.72. The number of rotatable bonds is 5. The number of amides is 1. The molecule has 4 rings (SSSR count). The summed E-state index contributed by atoms with van der Waals surface area (Å²) in [6, 6.07) is 8.94. The number of halogens is 3. The van der Waals surface area contributed by atoms with E-state index < -0.39 is 11.7 Å². The van der Waals surface area contributed by atoms with Gasteiger partial charge in [0.15, 0.2) is 0 Å². The lowest BCUT2D eigenvalue weighted by atomic mass is 9.85. The fourth-order valence-electron chi connectivity index (χ4n) is 3.43. The second-order valence-corrected chi connectivity index (χ2v) is 7.94. The molecule has 7 heteroatoms. The first-order valence-electron chi connectivity index (χ1n) is 8.93. The molecule has 2 aromatic heterocycles. The molecule has 1 fully saturated rings. The number of nitrogens with zero attached hydrogens (tertiary/aromatic N) is 1. The molecule has 3 aromatic rings. The summed E-state index contributed by atoms with van der Waals surface area (Å²) in [5, 5.41) is 4.78. The normalized spacial score (nSPS) is 15.1. The highest BCUT2D eigenvalue weighted by Crippen LogP contribution is 2.32. The third-order valence-electron chi connectivity index (χ3n) is 5.13. The van der Waals surface area contributed by atoms with Crippen molar-refractivity contribution in [2.45, 2.75) is 38.5 Å². The van der Waals surface area contributed by atoms with Crippen LogP contribution in [-0.2, 0) is 19.3 Å². The van der Waals surface area contributed by atoms with Crippen molar-refractivity contribution in [2.24, 2.45) is 5.92 Å². The van der Waals surface area contributed by atoms with Crippen molar-refractivity contribution in [3.8, 4) is 0 Å². The average Bonchev–Trinajstić information content (AvgIpc) is 3.17. The highest BCUT2D eigenvalue weighted by molar-refractivity contribution is 7.17. The minimum Gasteiger partial charge on any atom is -0.347 e. The molecule has 1 saturated carbocycles. The van der Waals surface area contributed by atoms with E-state index in [1.54, 1.807) is 17.4 Å². The first kappa shape index (κ1) is 18.1. The topological polar surface area (TPSA) is 34.0 Å². The van der Waals surface area contributed by atoms with Gasteiger partial charge in [-0.05, 0) is 54.0 Å². The molecule has 1 aromatic carbocycles. The van der Waals surface area contributed by atoms with Gasteiger partial charge in [0.2, 0.25) is 0 Å². The lowest BCUT2D eigenvalue weighted by Gasteiger charge is -2.26. The average molecular weight is 392 g/mol. The summed E-state index contributed by atoms with van der Waals surface area (Å²) in [7, 11) is 0. The van der Waals surface area contributed by atoms with E-state index in [-0.39, 0.29) is 12.5 Å². The van der Waals surface area contributed by atoms with Crippen LogP contribution in [0.25, 0.3) is 10.2 Å². The number of alkyl halides is 3. The lowest BCUT2D eigenvalue weighted by molar-refractivity contribution is -0.137. The van der Waals surface area contributed by atoms with Gasteiger partial charge in [0, 0.05) is 13.1 Å². The smallest absolute Gasteiger partial charge is 0.347 e. The monoisotopic (exact) mass is 392 g/mol. The van der Waals surface area contributed by atoms with Crippen LogP contribution < -0.4 is 5.32 Å². The summed E-state index contributed by atoms with van der Waals surface area (Å²) in [4.78, 5) is 12.7. The Balaban J connectivity index is 1.51. The number of fused-ring (bicyclic) bond motifs is 1. The van der Waals surface area contributed by atoms with Crippen LogP contribution in [0.5, 0.6) is 0 Å². The summed E-state index contributed by atoms with van der Waals surface area (Å²) in [6.07, 6.45) is -0.804. The fourth-order valence-corrected chi connectivity index (χ4v) is 4.25. The molecule has 142 valence electrons. The SMILES string of the molecule is O=C(NCc1cccc(C(F)(F)F)c1)c1cc2sccc2n1CC1CCC1. The molecule has 2 heterocycles. The van der Waals surface area contributed by atoms with Gasteiger partial charge in [-0.1, -0.05) is 18.6 Å². The molecule has 1 N–H and O–H groups in total. The van der Waals surface area contributed by atoms with Gasteiger partial charge in [-0.15, -0.1) is 11.3 Å². The Morgan fingerprint density at radius 2 is 2.04 bits per heavy atom. The first-order chi connectivity index (χ1) is 12.9. The second-order valence-electron chi connectivity index (χ2n) is 6.99. The highest BCUT2D eigenvalue weighted by atomic mass is 32.1. The van der Waals surface area contributed by atoms with Crippen LogP contribution in [0.15, 0.2) is 41.8 Å². The first-order valence-corrected chi connectivity index (χ1v) is 9.81.